The van der Waals surface area contributed by atoms with Gasteiger partial charge in [-0.3, -0.25) is 13.9 Å². The molecular formula is C36H40ClN3O6S. The van der Waals surface area contributed by atoms with Gasteiger partial charge in [-0.1, -0.05) is 92.2 Å². The highest BCUT2D eigenvalue weighted by atomic mass is 35.5. The fourth-order valence-corrected chi connectivity index (χ4v) is 6.64. The van der Waals surface area contributed by atoms with Crippen LogP contribution in [-0.2, 0) is 32.6 Å². The van der Waals surface area contributed by atoms with Gasteiger partial charge < -0.3 is 19.7 Å². The molecule has 4 aromatic carbocycles. The monoisotopic (exact) mass is 677 g/mol. The van der Waals surface area contributed by atoms with Crippen molar-refractivity contribution in [2.45, 2.75) is 37.8 Å². The molecule has 248 valence electrons. The summed E-state index contributed by atoms with van der Waals surface area (Å²) in [5, 5.41) is 3.40. The first kappa shape index (κ1) is 35.3. The van der Waals surface area contributed by atoms with Gasteiger partial charge in [-0.2, -0.15) is 0 Å². The maximum atomic E-state index is 14.6. The van der Waals surface area contributed by atoms with E-state index in [1.807, 2.05) is 44.2 Å². The van der Waals surface area contributed by atoms with E-state index in [0.29, 0.717) is 22.9 Å². The van der Waals surface area contributed by atoms with Crippen LogP contribution in [0.1, 0.15) is 25.0 Å². The Morgan fingerprint density at radius 3 is 2.06 bits per heavy atom. The van der Waals surface area contributed by atoms with Crippen molar-refractivity contribution in [3.63, 3.8) is 0 Å². The number of benzene rings is 4. The van der Waals surface area contributed by atoms with Crippen LogP contribution in [0.25, 0.3) is 0 Å². The Balaban J connectivity index is 1.84. The van der Waals surface area contributed by atoms with Crippen molar-refractivity contribution in [2.24, 2.45) is 5.92 Å². The quantitative estimate of drug-likeness (QED) is 0.166. The fourth-order valence-electron chi connectivity index (χ4n) is 5.02. The molecule has 0 aliphatic rings. The Kier molecular flexibility index (Phi) is 12.3. The van der Waals surface area contributed by atoms with Crippen LogP contribution in [0.4, 0.5) is 5.69 Å². The van der Waals surface area contributed by atoms with E-state index in [9.17, 15) is 18.0 Å². The topological polar surface area (TPSA) is 105 Å². The van der Waals surface area contributed by atoms with Crippen molar-refractivity contribution in [3.8, 4) is 11.5 Å². The second kappa shape index (κ2) is 16.3. The number of anilines is 1. The molecule has 0 fully saturated rings. The van der Waals surface area contributed by atoms with Crippen LogP contribution in [0.15, 0.2) is 108 Å². The van der Waals surface area contributed by atoms with Crippen LogP contribution < -0.4 is 19.1 Å². The fraction of sp³-hybridized carbons (Fsp3) is 0.278. The zero-order valence-corrected chi connectivity index (χ0v) is 28.5. The van der Waals surface area contributed by atoms with E-state index in [0.717, 1.165) is 9.87 Å². The lowest BCUT2D eigenvalue weighted by atomic mass is 10.0. The van der Waals surface area contributed by atoms with Crippen molar-refractivity contribution >= 4 is 39.1 Å². The molecule has 0 aliphatic heterocycles. The van der Waals surface area contributed by atoms with Gasteiger partial charge in [0.25, 0.3) is 10.0 Å². The van der Waals surface area contributed by atoms with Crippen molar-refractivity contribution in [1.29, 1.82) is 0 Å². The molecule has 0 saturated heterocycles. The van der Waals surface area contributed by atoms with Gasteiger partial charge in [-0.15, -0.1) is 0 Å². The predicted octanol–water partition coefficient (Wildman–Crippen LogP) is 5.96. The number of hydrogen-bond donors (Lipinski definition) is 1. The van der Waals surface area contributed by atoms with Gasteiger partial charge in [-0.25, -0.2) is 8.42 Å². The van der Waals surface area contributed by atoms with E-state index in [-0.39, 0.29) is 41.1 Å². The number of halogens is 1. The smallest absolute Gasteiger partial charge is 0.264 e. The summed E-state index contributed by atoms with van der Waals surface area (Å²) < 4.78 is 40.3. The van der Waals surface area contributed by atoms with Crippen LogP contribution in [0, 0.1) is 5.92 Å². The molecule has 4 rings (SSSR count). The molecule has 1 N–H and O–H groups in total. The van der Waals surface area contributed by atoms with E-state index in [1.54, 1.807) is 54.6 Å². The molecule has 0 spiro atoms. The van der Waals surface area contributed by atoms with E-state index >= 15 is 0 Å². The first-order valence-electron chi connectivity index (χ1n) is 15.2. The highest BCUT2D eigenvalue weighted by Gasteiger charge is 2.35. The summed E-state index contributed by atoms with van der Waals surface area (Å²) in [7, 11) is -1.35. The molecule has 0 saturated carbocycles. The van der Waals surface area contributed by atoms with Gasteiger partial charge in [0.15, 0.2) is 11.5 Å². The summed E-state index contributed by atoms with van der Waals surface area (Å²) in [5.74, 6) is -0.106. The maximum Gasteiger partial charge on any atom is 0.264 e. The van der Waals surface area contributed by atoms with E-state index < -0.39 is 28.5 Å². The molecule has 0 aromatic heterocycles. The number of ether oxygens (including phenoxy) is 2. The minimum absolute atomic E-state index is 0.00393. The van der Waals surface area contributed by atoms with Crippen molar-refractivity contribution < 1.29 is 27.5 Å². The highest BCUT2D eigenvalue weighted by molar-refractivity contribution is 7.92. The molecule has 0 bridgehead atoms. The zero-order valence-electron chi connectivity index (χ0n) is 26.9. The molecule has 0 radical (unpaired) electrons. The Labute approximate surface area is 282 Å². The molecule has 1 atom stereocenters. The third kappa shape index (κ3) is 9.05. The summed E-state index contributed by atoms with van der Waals surface area (Å²) >= 11 is 6.57. The van der Waals surface area contributed by atoms with Crippen LogP contribution >= 0.6 is 11.6 Å². The minimum atomic E-state index is -4.27. The average Bonchev–Trinajstić information content (AvgIpc) is 3.08. The number of hydrogen-bond acceptors (Lipinski definition) is 6. The Hall–Kier alpha value is -4.54. The lowest BCUT2D eigenvalue weighted by Crippen LogP contribution is -2.53. The second-order valence-corrected chi connectivity index (χ2v) is 13.6. The average molecular weight is 678 g/mol. The zero-order chi connectivity index (χ0) is 34.0. The lowest BCUT2D eigenvalue weighted by Gasteiger charge is -2.34. The van der Waals surface area contributed by atoms with Crippen LogP contribution in [-0.4, -0.2) is 58.5 Å². The van der Waals surface area contributed by atoms with Crippen LogP contribution in [0.5, 0.6) is 11.5 Å². The Morgan fingerprint density at radius 1 is 0.830 bits per heavy atom. The number of rotatable bonds is 15. The van der Waals surface area contributed by atoms with Crippen molar-refractivity contribution in [3.05, 3.63) is 119 Å². The van der Waals surface area contributed by atoms with Crippen LogP contribution in [0.3, 0.4) is 0 Å². The van der Waals surface area contributed by atoms with E-state index in [4.69, 9.17) is 21.1 Å². The molecule has 4 aromatic rings. The number of carbonyl (C=O) groups excluding carboxylic acids is 2. The van der Waals surface area contributed by atoms with Gasteiger partial charge in [0.2, 0.25) is 11.8 Å². The van der Waals surface area contributed by atoms with Crippen LogP contribution in [0.2, 0.25) is 5.02 Å². The molecule has 0 aliphatic carbocycles. The Bertz CT molecular complexity index is 1750. The summed E-state index contributed by atoms with van der Waals surface area (Å²) in [5.41, 5.74) is 1.63. The number of methoxy groups -OCH3 is 2. The largest absolute Gasteiger partial charge is 0.493 e. The van der Waals surface area contributed by atoms with Gasteiger partial charge in [0.05, 0.1) is 24.8 Å². The first-order valence-corrected chi connectivity index (χ1v) is 17.0. The summed E-state index contributed by atoms with van der Waals surface area (Å²) in [4.78, 5) is 29.9. The third-order valence-electron chi connectivity index (χ3n) is 7.52. The first-order chi connectivity index (χ1) is 22.5. The lowest BCUT2D eigenvalue weighted by molar-refractivity contribution is -0.140. The predicted molar refractivity (Wildman–Crippen MR) is 184 cm³/mol. The van der Waals surface area contributed by atoms with Crippen molar-refractivity contribution in [2.75, 3.05) is 31.6 Å². The second-order valence-electron chi connectivity index (χ2n) is 11.3. The SMILES string of the molecule is COc1ccc(N(CC(=O)N(Cc2ccccc2Cl)C(Cc2ccccc2)C(=O)NCC(C)C)S(=O)(=O)c2ccccc2)cc1OC. The third-order valence-corrected chi connectivity index (χ3v) is 9.68. The molecule has 2 amide bonds. The molecular weight excluding hydrogens is 638 g/mol. The van der Waals surface area contributed by atoms with Gasteiger partial charge in [-0.05, 0) is 47.4 Å². The molecule has 0 heterocycles. The van der Waals surface area contributed by atoms with Crippen molar-refractivity contribution in [1.82, 2.24) is 10.2 Å². The standard InChI is InChI=1S/C36H40ClN3O6S/c1-26(2)23-38-36(42)32(21-27-13-7-5-8-14-27)39(24-28-15-11-12-18-31(28)37)35(41)25-40(47(43,44)30-16-9-6-10-17-30)29-19-20-33(45-3)34(22-29)46-4/h5-20,22,26,32H,21,23-25H2,1-4H3,(H,38,42). The number of sulfonamides is 1. The molecule has 11 heteroatoms. The minimum Gasteiger partial charge on any atom is -0.493 e. The normalized spacial score (nSPS) is 11.9. The van der Waals surface area contributed by atoms with E-state index in [1.165, 1.54) is 37.3 Å². The van der Waals surface area contributed by atoms with Gasteiger partial charge in [0.1, 0.15) is 12.6 Å². The summed E-state index contributed by atoms with van der Waals surface area (Å²) in [6.07, 6.45) is 0.197. The molecule has 1 unspecified atom stereocenters. The van der Waals surface area contributed by atoms with Gasteiger partial charge >= 0.3 is 0 Å². The molecule has 9 nitrogen and oxygen atoms in total. The van der Waals surface area contributed by atoms with E-state index in [2.05, 4.69) is 5.32 Å². The number of nitrogens with zero attached hydrogens (tertiary/aromatic N) is 2. The summed E-state index contributed by atoms with van der Waals surface area (Å²) in [6.45, 7) is 3.72. The highest BCUT2D eigenvalue weighted by Crippen LogP contribution is 2.34. The Morgan fingerprint density at radius 2 is 1.45 bits per heavy atom. The number of amides is 2. The maximum absolute atomic E-state index is 14.6. The molecule has 47 heavy (non-hydrogen) atoms. The summed E-state index contributed by atoms with van der Waals surface area (Å²) in [6, 6.07) is 27.9. The van der Waals surface area contributed by atoms with Gasteiger partial charge in [0, 0.05) is 30.6 Å². The number of nitrogens with one attached hydrogen (secondary N) is 1. The number of carbonyl (C=O) groups is 2.